The number of anilines is 1. The molecule has 4 heteroatoms. The second-order valence-electron chi connectivity index (χ2n) is 3.66. The molecule has 2 rings (SSSR count). The Kier molecular flexibility index (Phi) is 3.03. The van der Waals surface area contributed by atoms with E-state index >= 15 is 0 Å². The van der Waals surface area contributed by atoms with Crippen molar-refractivity contribution in [1.82, 2.24) is 4.98 Å². The zero-order valence-corrected chi connectivity index (χ0v) is 9.57. The minimum atomic E-state index is 0.374. The number of rotatable bonds is 1. The first-order valence-corrected chi connectivity index (χ1v) is 5.67. The van der Waals surface area contributed by atoms with Gasteiger partial charge in [-0.1, -0.05) is 15.9 Å². The van der Waals surface area contributed by atoms with Gasteiger partial charge in [-0.15, -0.1) is 0 Å². The summed E-state index contributed by atoms with van der Waals surface area (Å²) in [4.78, 5) is 6.63. The second-order valence-corrected chi connectivity index (χ2v) is 4.57. The van der Waals surface area contributed by atoms with Gasteiger partial charge in [-0.25, -0.2) is 4.98 Å². The number of aromatic nitrogens is 1. The van der Waals surface area contributed by atoms with Crippen LogP contribution in [0.5, 0.6) is 0 Å². The van der Waals surface area contributed by atoms with Crippen molar-refractivity contribution in [2.24, 2.45) is 5.73 Å². The normalized spacial score (nSPS) is 18.6. The summed E-state index contributed by atoms with van der Waals surface area (Å²) in [6.45, 7) is 2.04. The van der Waals surface area contributed by atoms with Gasteiger partial charge in [0.25, 0.3) is 0 Å². The molecular formula is C10H14BrN3. The third kappa shape index (κ3) is 2.25. The maximum absolute atomic E-state index is 5.85. The molecule has 1 aliphatic rings. The third-order valence-electron chi connectivity index (χ3n) is 2.57. The lowest BCUT2D eigenvalue weighted by molar-refractivity contribution is 0.498. The van der Waals surface area contributed by atoms with Crippen molar-refractivity contribution < 1.29 is 0 Å². The van der Waals surface area contributed by atoms with Gasteiger partial charge >= 0.3 is 0 Å². The number of pyridine rings is 1. The molecule has 1 aliphatic heterocycles. The monoisotopic (exact) mass is 255 g/mol. The van der Waals surface area contributed by atoms with E-state index in [2.05, 4.69) is 31.9 Å². The highest BCUT2D eigenvalue weighted by atomic mass is 79.9. The number of hydrogen-bond acceptors (Lipinski definition) is 3. The fourth-order valence-corrected chi connectivity index (χ4v) is 2.02. The number of piperidine rings is 1. The van der Waals surface area contributed by atoms with Gasteiger partial charge in [-0.2, -0.15) is 0 Å². The zero-order chi connectivity index (χ0) is 9.97. The van der Waals surface area contributed by atoms with Gasteiger partial charge in [0.2, 0.25) is 0 Å². The Morgan fingerprint density at radius 3 is 2.79 bits per heavy atom. The van der Waals surface area contributed by atoms with Gasteiger partial charge in [0, 0.05) is 29.8 Å². The maximum Gasteiger partial charge on any atom is 0.129 e. The first kappa shape index (κ1) is 9.93. The van der Waals surface area contributed by atoms with Crippen LogP contribution in [0.3, 0.4) is 0 Å². The summed E-state index contributed by atoms with van der Waals surface area (Å²) < 4.78 is 1.08. The van der Waals surface area contributed by atoms with E-state index in [0.29, 0.717) is 6.04 Å². The predicted octanol–water partition coefficient (Wildman–Crippen LogP) is 1.77. The van der Waals surface area contributed by atoms with Crippen LogP contribution in [-0.4, -0.2) is 24.1 Å². The van der Waals surface area contributed by atoms with Crippen molar-refractivity contribution in [2.45, 2.75) is 18.9 Å². The molecule has 1 aromatic rings. The fraction of sp³-hybridized carbons (Fsp3) is 0.500. The molecule has 0 aromatic carbocycles. The molecule has 14 heavy (non-hydrogen) atoms. The van der Waals surface area contributed by atoms with Crippen LogP contribution in [-0.2, 0) is 0 Å². The van der Waals surface area contributed by atoms with Crippen molar-refractivity contribution in [3.05, 3.63) is 22.8 Å². The Bertz CT molecular complexity index is 308. The highest BCUT2D eigenvalue weighted by Crippen LogP contribution is 2.20. The third-order valence-corrected chi connectivity index (χ3v) is 3.06. The molecule has 0 unspecified atom stereocenters. The maximum atomic E-state index is 5.85. The second kappa shape index (κ2) is 4.28. The molecule has 2 heterocycles. The molecular weight excluding hydrogens is 242 g/mol. The molecule has 3 nitrogen and oxygen atoms in total. The van der Waals surface area contributed by atoms with Crippen LogP contribution in [0.2, 0.25) is 0 Å². The van der Waals surface area contributed by atoms with Gasteiger partial charge in [0.05, 0.1) is 0 Å². The summed E-state index contributed by atoms with van der Waals surface area (Å²) in [5.41, 5.74) is 5.85. The molecule has 0 amide bonds. The van der Waals surface area contributed by atoms with Crippen LogP contribution in [0.15, 0.2) is 22.8 Å². The van der Waals surface area contributed by atoms with Gasteiger partial charge in [-0.05, 0) is 25.0 Å². The minimum Gasteiger partial charge on any atom is -0.356 e. The lowest BCUT2D eigenvalue weighted by atomic mass is 10.1. The average molecular weight is 256 g/mol. The van der Waals surface area contributed by atoms with Gasteiger partial charge in [0.1, 0.15) is 5.82 Å². The van der Waals surface area contributed by atoms with Crippen molar-refractivity contribution in [1.29, 1.82) is 0 Å². The van der Waals surface area contributed by atoms with Crippen LogP contribution in [0.4, 0.5) is 5.82 Å². The minimum absolute atomic E-state index is 0.374. The number of hydrogen-bond donors (Lipinski definition) is 1. The van der Waals surface area contributed by atoms with Crippen LogP contribution in [0.1, 0.15) is 12.8 Å². The van der Waals surface area contributed by atoms with E-state index in [0.717, 1.165) is 36.2 Å². The first-order chi connectivity index (χ1) is 6.75. The average Bonchev–Trinajstić information content (AvgIpc) is 2.19. The molecule has 2 N–H and O–H groups in total. The molecule has 0 bridgehead atoms. The Labute approximate surface area is 92.4 Å². The Morgan fingerprint density at radius 2 is 2.14 bits per heavy atom. The molecule has 1 saturated heterocycles. The van der Waals surface area contributed by atoms with E-state index in [1.807, 2.05) is 12.3 Å². The van der Waals surface area contributed by atoms with E-state index in [-0.39, 0.29) is 0 Å². The topological polar surface area (TPSA) is 42.1 Å². The first-order valence-electron chi connectivity index (χ1n) is 4.88. The molecule has 0 saturated carbocycles. The van der Waals surface area contributed by atoms with Crippen LogP contribution in [0.25, 0.3) is 0 Å². The standard InChI is InChI=1S/C10H14BrN3/c11-8-1-4-13-10(7-8)14-5-2-9(12)3-6-14/h1,4,7,9H,2-3,5-6,12H2. The molecule has 76 valence electrons. The molecule has 0 atom stereocenters. The number of halogens is 1. The van der Waals surface area contributed by atoms with Gasteiger partial charge in [0.15, 0.2) is 0 Å². The summed E-state index contributed by atoms with van der Waals surface area (Å²) in [5.74, 6) is 1.05. The van der Waals surface area contributed by atoms with E-state index in [1.165, 1.54) is 0 Å². The van der Waals surface area contributed by atoms with E-state index in [4.69, 9.17) is 5.73 Å². The van der Waals surface area contributed by atoms with Crippen molar-refractivity contribution in [2.75, 3.05) is 18.0 Å². The fourth-order valence-electron chi connectivity index (χ4n) is 1.70. The van der Waals surface area contributed by atoms with Crippen LogP contribution >= 0.6 is 15.9 Å². The molecule has 1 aromatic heterocycles. The van der Waals surface area contributed by atoms with Crippen molar-refractivity contribution in [3.8, 4) is 0 Å². The van der Waals surface area contributed by atoms with Gasteiger partial charge < -0.3 is 10.6 Å². The number of nitrogens with two attached hydrogens (primary N) is 1. The molecule has 1 fully saturated rings. The quantitative estimate of drug-likeness (QED) is 0.832. The number of nitrogens with zero attached hydrogens (tertiary/aromatic N) is 2. The SMILES string of the molecule is NC1CCN(c2cc(Br)ccn2)CC1. The van der Waals surface area contributed by atoms with Crippen LogP contribution in [0, 0.1) is 0 Å². The van der Waals surface area contributed by atoms with Crippen LogP contribution < -0.4 is 10.6 Å². The van der Waals surface area contributed by atoms with Crippen molar-refractivity contribution in [3.63, 3.8) is 0 Å². The predicted molar refractivity (Wildman–Crippen MR) is 61.4 cm³/mol. The van der Waals surface area contributed by atoms with E-state index in [9.17, 15) is 0 Å². The summed E-state index contributed by atoms with van der Waals surface area (Å²) in [6.07, 6.45) is 3.95. The lowest BCUT2D eigenvalue weighted by Gasteiger charge is -2.31. The molecule has 0 radical (unpaired) electrons. The zero-order valence-electron chi connectivity index (χ0n) is 7.99. The highest BCUT2D eigenvalue weighted by Gasteiger charge is 2.16. The Balaban J connectivity index is 2.08. The summed E-state index contributed by atoms with van der Waals surface area (Å²) in [7, 11) is 0. The highest BCUT2D eigenvalue weighted by molar-refractivity contribution is 9.10. The summed E-state index contributed by atoms with van der Waals surface area (Å²) in [6, 6.07) is 4.37. The Morgan fingerprint density at radius 1 is 1.43 bits per heavy atom. The molecule has 0 spiro atoms. The summed E-state index contributed by atoms with van der Waals surface area (Å²) >= 11 is 3.45. The van der Waals surface area contributed by atoms with E-state index in [1.54, 1.807) is 0 Å². The largest absolute Gasteiger partial charge is 0.356 e. The smallest absolute Gasteiger partial charge is 0.129 e. The van der Waals surface area contributed by atoms with Crippen molar-refractivity contribution >= 4 is 21.7 Å². The van der Waals surface area contributed by atoms with E-state index < -0.39 is 0 Å². The lowest BCUT2D eigenvalue weighted by Crippen LogP contribution is -2.40. The van der Waals surface area contributed by atoms with Gasteiger partial charge in [-0.3, -0.25) is 0 Å². The molecule has 0 aliphatic carbocycles. The summed E-state index contributed by atoms with van der Waals surface area (Å²) in [5, 5.41) is 0. The Hall–Kier alpha value is -0.610.